The SMILES string of the molecule is CCOC(C)c1ccc(-c2cnn(C)c2C(=O)O)cc1. The third kappa shape index (κ3) is 2.72. The maximum Gasteiger partial charge on any atom is 0.354 e. The number of rotatable bonds is 5. The van der Waals surface area contributed by atoms with Gasteiger partial charge in [0.25, 0.3) is 0 Å². The van der Waals surface area contributed by atoms with Gasteiger partial charge in [-0.15, -0.1) is 0 Å². The van der Waals surface area contributed by atoms with Crippen LogP contribution in [0.1, 0.15) is 36.0 Å². The summed E-state index contributed by atoms with van der Waals surface area (Å²) in [5, 5.41) is 13.2. The molecule has 1 aromatic heterocycles. The highest BCUT2D eigenvalue weighted by Gasteiger charge is 2.17. The summed E-state index contributed by atoms with van der Waals surface area (Å²) in [6.45, 7) is 4.61. The lowest BCUT2D eigenvalue weighted by Gasteiger charge is -2.12. The van der Waals surface area contributed by atoms with Crippen LogP contribution in [-0.2, 0) is 11.8 Å². The molecule has 0 saturated carbocycles. The fourth-order valence-corrected chi connectivity index (χ4v) is 2.18. The molecule has 5 nitrogen and oxygen atoms in total. The Morgan fingerprint density at radius 1 is 1.40 bits per heavy atom. The molecule has 1 heterocycles. The summed E-state index contributed by atoms with van der Waals surface area (Å²) in [6, 6.07) is 7.70. The average Bonchev–Trinajstić information content (AvgIpc) is 2.81. The van der Waals surface area contributed by atoms with Gasteiger partial charge in [0.05, 0.1) is 12.3 Å². The third-order valence-electron chi connectivity index (χ3n) is 3.25. The molecule has 0 aliphatic carbocycles. The molecule has 0 aliphatic heterocycles. The Kier molecular flexibility index (Phi) is 4.20. The normalized spacial score (nSPS) is 12.3. The van der Waals surface area contributed by atoms with Crippen LogP contribution >= 0.6 is 0 Å². The summed E-state index contributed by atoms with van der Waals surface area (Å²) in [5.74, 6) is -0.980. The Hall–Kier alpha value is -2.14. The predicted octanol–water partition coefficient (Wildman–Crippen LogP) is 2.88. The van der Waals surface area contributed by atoms with Crippen LogP contribution < -0.4 is 0 Å². The second-order valence-corrected chi connectivity index (χ2v) is 4.56. The lowest BCUT2D eigenvalue weighted by Crippen LogP contribution is -2.06. The molecule has 1 N–H and O–H groups in total. The summed E-state index contributed by atoms with van der Waals surface area (Å²) >= 11 is 0. The Morgan fingerprint density at radius 3 is 2.60 bits per heavy atom. The molecule has 2 rings (SSSR count). The van der Waals surface area contributed by atoms with E-state index in [9.17, 15) is 9.90 Å². The van der Waals surface area contributed by atoms with Crippen LogP contribution in [0.5, 0.6) is 0 Å². The monoisotopic (exact) mass is 274 g/mol. The number of carbonyl (C=O) groups is 1. The number of hydrogen-bond acceptors (Lipinski definition) is 3. The van der Waals surface area contributed by atoms with Crippen molar-refractivity contribution in [1.82, 2.24) is 9.78 Å². The molecule has 0 fully saturated rings. The quantitative estimate of drug-likeness (QED) is 0.910. The molecule has 1 unspecified atom stereocenters. The van der Waals surface area contributed by atoms with E-state index in [0.29, 0.717) is 12.2 Å². The number of carboxylic acid groups (broad SMARTS) is 1. The second-order valence-electron chi connectivity index (χ2n) is 4.56. The highest BCUT2D eigenvalue weighted by Crippen LogP contribution is 2.26. The van der Waals surface area contributed by atoms with Crippen molar-refractivity contribution in [3.05, 3.63) is 41.7 Å². The van der Waals surface area contributed by atoms with Crippen LogP contribution in [0.4, 0.5) is 0 Å². The number of aromatic nitrogens is 2. The van der Waals surface area contributed by atoms with Crippen LogP contribution in [0.15, 0.2) is 30.5 Å². The number of ether oxygens (including phenoxy) is 1. The smallest absolute Gasteiger partial charge is 0.354 e. The van der Waals surface area contributed by atoms with Crippen molar-refractivity contribution in [2.24, 2.45) is 7.05 Å². The highest BCUT2D eigenvalue weighted by molar-refractivity contribution is 5.94. The molecule has 1 aromatic carbocycles. The van der Waals surface area contributed by atoms with E-state index in [1.54, 1.807) is 13.2 Å². The molecule has 2 aromatic rings. The van der Waals surface area contributed by atoms with E-state index in [-0.39, 0.29) is 11.8 Å². The van der Waals surface area contributed by atoms with E-state index in [1.807, 2.05) is 38.1 Å². The minimum atomic E-state index is -0.980. The van der Waals surface area contributed by atoms with Crippen molar-refractivity contribution in [2.75, 3.05) is 6.61 Å². The summed E-state index contributed by atoms with van der Waals surface area (Å²) in [7, 11) is 1.62. The van der Waals surface area contributed by atoms with Crippen molar-refractivity contribution in [2.45, 2.75) is 20.0 Å². The van der Waals surface area contributed by atoms with E-state index in [4.69, 9.17) is 4.74 Å². The molecule has 0 spiro atoms. The molecule has 20 heavy (non-hydrogen) atoms. The summed E-state index contributed by atoms with van der Waals surface area (Å²) in [6.07, 6.45) is 1.60. The van der Waals surface area contributed by atoms with E-state index >= 15 is 0 Å². The summed E-state index contributed by atoms with van der Waals surface area (Å²) < 4.78 is 6.90. The molecule has 0 bridgehead atoms. The van der Waals surface area contributed by atoms with Gasteiger partial charge in [-0.2, -0.15) is 5.10 Å². The number of aryl methyl sites for hydroxylation is 1. The molecule has 1 atom stereocenters. The van der Waals surface area contributed by atoms with Crippen LogP contribution in [0.3, 0.4) is 0 Å². The molecular formula is C15H18N2O3. The van der Waals surface area contributed by atoms with Crippen molar-refractivity contribution < 1.29 is 14.6 Å². The highest BCUT2D eigenvalue weighted by atomic mass is 16.5. The largest absolute Gasteiger partial charge is 0.477 e. The lowest BCUT2D eigenvalue weighted by molar-refractivity contribution is 0.0685. The number of hydrogen-bond donors (Lipinski definition) is 1. The van der Waals surface area contributed by atoms with Gasteiger partial charge in [-0.25, -0.2) is 4.79 Å². The van der Waals surface area contributed by atoms with Gasteiger partial charge in [-0.1, -0.05) is 24.3 Å². The number of nitrogens with zero attached hydrogens (tertiary/aromatic N) is 2. The molecule has 0 radical (unpaired) electrons. The standard InChI is InChI=1S/C15H18N2O3/c1-4-20-10(2)11-5-7-12(8-6-11)13-9-16-17(3)14(13)15(18)19/h5-10H,4H2,1-3H3,(H,18,19). The van der Waals surface area contributed by atoms with E-state index in [2.05, 4.69) is 5.10 Å². The van der Waals surface area contributed by atoms with Gasteiger partial charge in [0.1, 0.15) is 0 Å². The van der Waals surface area contributed by atoms with Gasteiger partial charge in [-0.3, -0.25) is 4.68 Å². The average molecular weight is 274 g/mol. The Bertz CT molecular complexity index is 602. The fourth-order valence-electron chi connectivity index (χ4n) is 2.18. The first-order chi connectivity index (χ1) is 9.54. The third-order valence-corrected chi connectivity index (χ3v) is 3.25. The van der Waals surface area contributed by atoms with E-state index in [0.717, 1.165) is 11.1 Å². The Labute approximate surface area is 117 Å². The van der Waals surface area contributed by atoms with Crippen LogP contribution in [0.2, 0.25) is 0 Å². The van der Waals surface area contributed by atoms with Crippen molar-refractivity contribution in [3.63, 3.8) is 0 Å². The summed E-state index contributed by atoms with van der Waals surface area (Å²) in [4.78, 5) is 11.3. The van der Waals surface area contributed by atoms with Crippen LogP contribution in [-0.4, -0.2) is 27.5 Å². The zero-order valence-electron chi connectivity index (χ0n) is 11.8. The van der Waals surface area contributed by atoms with E-state index in [1.165, 1.54) is 4.68 Å². The van der Waals surface area contributed by atoms with Crippen molar-refractivity contribution >= 4 is 5.97 Å². The van der Waals surface area contributed by atoms with Gasteiger partial charge in [0, 0.05) is 19.2 Å². The van der Waals surface area contributed by atoms with Gasteiger partial charge in [0.2, 0.25) is 0 Å². The van der Waals surface area contributed by atoms with Gasteiger partial charge >= 0.3 is 5.97 Å². The zero-order chi connectivity index (χ0) is 14.7. The molecule has 0 amide bonds. The summed E-state index contributed by atoms with van der Waals surface area (Å²) in [5.41, 5.74) is 2.71. The number of carboxylic acids is 1. The zero-order valence-corrected chi connectivity index (χ0v) is 11.8. The Balaban J connectivity index is 2.33. The minimum Gasteiger partial charge on any atom is -0.477 e. The molecular weight excluding hydrogens is 256 g/mol. The second kappa shape index (κ2) is 5.88. The Morgan fingerprint density at radius 2 is 2.05 bits per heavy atom. The fraction of sp³-hybridized carbons (Fsp3) is 0.333. The lowest BCUT2D eigenvalue weighted by atomic mass is 10.0. The topological polar surface area (TPSA) is 64.4 Å². The minimum absolute atomic E-state index is 0.0295. The van der Waals surface area contributed by atoms with Gasteiger partial charge in [0.15, 0.2) is 5.69 Å². The number of benzene rings is 1. The van der Waals surface area contributed by atoms with E-state index < -0.39 is 5.97 Å². The van der Waals surface area contributed by atoms with Crippen molar-refractivity contribution in [3.8, 4) is 11.1 Å². The molecule has 0 saturated heterocycles. The molecule has 106 valence electrons. The predicted molar refractivity (Wildman–Crippen MR) is 75.6 cm³/mol. The van der Waals surface area contributed by atoms with Crippen LogP contribution in [0, 0.1) is 0 Å². The first-order valence-corrected chi connectivity index (χ1v) is 6.51. The first-order valence-electron chi connectivity index (χ1n) is 6.51. The van der Waals surface area contributed by atoms with Crippen LogP contribution in [0.25, 0.3) is 11.1 Å². The van der Waals surface area contributed by atoms with Gasteiger partial charge < -0.3 is 9.84 Å². The maximum atomic E-state index is 11.3. The molecule has 0 aliphatic rings. The number of aromatic carboxylic acids is 1. The van der Waals surface area contributed by atoms with Gasteiger partial charge in [-0.05, 0) is 25.0 Å². The van der Waals surface area contributed by atoms with Crippen molar-refractivity contribution in [1.29, 1.82) is 0 Å². The maximum absolute atomic E-state index is 11.3. The first kappa shape index (κ1) is 14.3. The molecule has 5 heteroatoms.